The van der Waals surface area contributed by atoms with Gasteiger partial charge in [0.2, 0.25) is 0 Å². The van der Waals surface area contributed by atoms with Crippen LogP contribution in [0, 0.1) is 17.0 Å². The van der Waals surface area contributed by atoms with Gasteiger partial charge >= 0.3 is 0 Å². The van der Waals surface area contributed by atoms with E-state index < -0.39 is 0 Å². The molecule has 110 valence electrons. The molecule has 0 aliphatic heterocycles. The Balaban J connectivity index is 2.19. The lowest BCUT2D eigenvalue weighted by molar-refractivity contribution is -0.385. The monoisotopic (exact) mass is 276 g/mol. The second-order valence-electron chi connectivity index (χ2n) is 6.13. The number of nitro benzene ring substituents is 1. The largest absolute Gasteiger partial charge is 0.325 e. The van der Waals surface area contributed by atoms with Crippen molar-refractivity contribution in [2.24, 2.45) is 5.73 Å². The fourth-order valence-electron chi connectivity index (χ4n) is 3.22. The minimum atomic E-state index is -0.305. The average molecular weight is 276 g/mol. The molecule has 20 heavy (non-hydrogen) atoms. The Labute approximate surface area is 120 Å². The molecule has 1 aromatic rings. The predicted molar refractivity (Wildman–Crippen MR) is 80.8 cm³/mol. The van der Waals surface area contributed by atoms with Crippen LogP contribution in [0.15, 0.2) is 18.2 Å². The van der Waals surface area contributed by atoms with Gasteiger partial charge in [-0.15, -0.1) is 0 Å². The zero-order valence-corrected chi connectivity index (χ0v) is 12.2. The second-order valence-corrected chi connectivity index (χ2v) is 6.13. The highest BCUT2D eigenvalue weighted by molar-refractivity contribution is 5.45. The first kappa shape index (κ1) is 15.0. The van der Waals surface area contributed by atoms with E-state index in [1.54, 1.807) is 12.1 Å². The molecular weight excluding hydrogens is 252 g/mol. The zero-order chi connectivity index (χ0) is 14.6. The highest BCUT2D eigenvalue weighted by Gasteiger charge is 2.27. The number of nitrogens with two attached hydrogens (primary N) is 1. The van der Waals surface area contributed by atoms with Gasteiger partial charge in [0.05, 0.1) is 4.92 Å². The molecule has 0 spiro atoms. The maximum absolute atomic E-state index is 11.0. The Morgan fingerprint density at radius 1 is 1.20 bits per heavy atom. The van der Waals surface area contributed by atoms with Gasteiger partial charge in [-0.2, -0.15) is 0 Å². The van der Waals surface area contributed by atoms with Gasteiger partial charge in [0.1, 0.15) is 0 Å². The quantitative estimate of drug-likeness (QED) is 0.672. The molecule has 2 rings (SSSR count). The summed E-state index contributed by atoms with van der Waals surface area (Å²) in [6, 6.07) is 5.32. The number of benzene rings is 1. The average Bonchev–Trinajstić information content (AvgIpc) is 2.37. The molecule has 0 bridgehead atoms. The SMILES string of the molecule is Cc1c(CC2(N)CCCCCCC2)cccc1[N+](=O)[O-]. The maximum atomic E-state index is 11.0. The lowest BCUT2D eigenvalue weighted by Crippen LogP contribution is -2.42. The van der Waals surface area contributed by atoms with E-state index in [0.717, 1.165) is 30.4 Å². The first-order valence-electron chi connectivity index (χ1n) is 7.54. The van der Waals surface area contributed by atoms with Crippen molar-refractivity contribution in [1.82, 2.24) is 0 Å². The topological polar surface area (TPSA) is 69.2 Å². The Bertz CT molecular complexity index is 477. The molecule has 0 unspecified atom stereocenters. The van der Waals surface area contributed by atoms with Crippen molar-refractivity contribution in [3.63, 3.8) is 0 Å². The molecule has 1 aliphatic rings. The summed E-state index contributed by atoms with van der Waals surface area (Å²) in [5, 5.41) is 11.0. The maximum Gasteiger partial charge on any atom is 0.272 e. The number of nitro groups is 1. The van der Waals surface area contributed by atoms with E-state index >= 15 is 0 Å². The van der Waals surface area contributed by atoms with Crippen molar-refractivity contribution in [2.45, 2.75) is 63.8 Å². The van der Waals surface area contributed by atoms with Crippen molar-refractivity contribution in [3.8, 4) is 0 Å². The summed E-state index contributed by atoms with van der Waals surface area (Å²) in [4.78, 5) is 10.7. The van der Waals surface area contributed by atoms with Crippen molar-refractivity contribution < 1.29 is 4.92 Å². The summed E-state index contributed by atoms with van der Waals surface area (Å²) in [6.45, 7) is 1.83. The minimum Gasteiger partial charge on any atom is -0.325 e. The summed E-state index contributed by atoms with van der Waals surface area (Å²) in [6.07, 6.45) is 8.96. The van der Waals surface area contributed by atoms with Crippen LogP contribution in [0.1, 0.15) is 56.1 Å². The number of rotatable bonds is 3. The van der Waals surface area contributed by atoms with Gasteiger partial charge in [-0.25, -0.2) is 0 Å². The van der Waals surface area contributed by atoms with Crippen LogP contribution in [0.5, 0.6) is 0 Å². The number of nitrogens with zero attached hydrogens (tertiary/aromatic N) is 1. The first-order chi connectivity index (χ1) is 9.52. The van der Waals surface area contributed by atoms with Crippen LogP contribution >= 0.6 is 0 Å². The Hall–Kier alpha value is -1.42. The zero-order valence-electron chi connectivity index (χ0n) is 12.2. The second kappa shape index (κ2) is 6.35. The summed E-state index contributed by atoms with van der Waals surface area (Å²) >= 11 is 0. The summed E-state index contributed by atoms with van der Waals surface area (Å²) in [5.41, 5.74) is 8.40. The highest BCUT2D eigenvalue weighted by atomic mass is 16.6. The lowest BCUT2D eigenvalue weighted by Gasteiger charge is -2.32. The summed E-state index contributed by atoms with van der Waals surface area (Å²) in [7, 11) is 0. The molecule has 0 amide bonds. The molecule has 4 nitrogen and oxygen atoms in total. The highest BCUT2D eigenvalue weighted by Crippen LogP contribution is 2.30. The summed E-state index contributed by atoms with van der Waals surface area (Å²) in [5.74, 6) is 0. The Kier molecular flexibility index (Phi) is 4.76. The van der Waals surface area contributed by atoms with Crippen LogP contribution < -0.4 is 5.73 Å². The number of hydrogen-bond donors (Lipinski definition) is 1. The van der Waals surface area contributed by atoms with Crippen molar-refractivity contribution in [2.75, 3.05) is 0 Å². The fourth-order valence-corrected chi connectivity index (χ4v) is 3.22. The van der Waals surface area contributed by atoms with E-state index in [1.165, 1.54) is 32.1 Å². The molecule has 0 radical (unpaired) electrons. The van der Waals surface area contributed by atoms with Gasteiger partial charge in [0.25, 0.3) is 5.69 Å². The number of hydrogen-bond acceptors (Lipinski definition) is 3. The minimum absolute atomic E-state index is 0.194. The van der Waals surface area contributed by atoms with E-state index in [-0.39, 0.29) is 16.1 Å². The molecule has 1 aliphatic carbocycles. The smallest absolute Gasteiger partial charge is 0.272 e. The molecule has 0 saturated heterocycles. The van der Waals surface area contributed by atoms with Crippen molar-refractivity contribution in [3.05, 3.63) is 39.4 Å². The van der Waals surface area contributed by atoms with Crippen molar-refractivity contribution >= 4 is 5.69 Å². The third-order valence-corrected chi connectivity index (χ3v) is 4.51. The molecule has 0 aromatic heterocycles. The Morgan fingerprint density at radius 2 is 1.80 bits per heavy atom. The van der Waals surface area contributed by atoms with Gasteiger partial charge in [0.15, 0.2) is 0 Å². The van der Waals surface area contributed by atoms with Gasteiger partial charge in [-0.3, -0.25) is 10.1 Å². The van der Waals surface area contributed by atoms with E-state index in [0.29, 0.717) is 0 Å². The van der Waals surface area contributed by atoms with Gasteiger partial charge in [-0.05, 0) is 31.7 Å². The third-order valence-electron chi connectivity index (χ3n) is 4.51. The van der Waals surface area contributed by atoms with Crippen LogP contribution in [0.3, 0.4) is 0 Å². The Morgan fingerprint density at radius 3 is 2.40 bits per heavy atom. The van der Waals surface area contributed by atoms with E-state index in [2.05, 4.69) is 0 Å². The van der Waals surface area contributed by atoms with Crippen LogP contribution in [-0.2, 0) is 6.42 Å². The van der Waals surface area contributed by atoms with Gasteiger partial charge in [0, 0.05) is 17.2 Å². The molecular formula is C16H24N2O2. The summed E-state index contributed by atoms with van der Waals surface area (Å²) < 4.78 is 0. The third kappa shape index (κ3) is 3.57. The molecule has 1 saturated carbocycles. The van der Waals surface area contributed by atoms with Crippen LogP contribution in [-0.4, -0.2) is 10.5 Å². The van der Waals surface area contributed by atoms with Crippen molar-refractivity contribution in [1.29, 1.82) is 0 Å². The van der Waals surface area contributed by atoms with Crippen LogP contribution in [0.25, 0.3) is 0 Å². The first-order valence-corrected chi connectivity index (χ1v) is 7.54. The van der Waals surface area contributed by atoms with Gasteiger partial charge in [-0.1, -0.05) is 44.2 Å². The molecule has 2 N–H and O–H groups in total. The predicted octanol–water partition coefficient (Wildman–Crippen LogP) is 3.89. The molecule has 1 fully saturated rings. The van der Waals surface area contributed by atoms with Crippen LogP contribution in [0.2, 0.25) is 0 Å². The normalized spacial score (nSPS) is 19.1. The fraction of sp³-hybridized carbons (Fsp3) is 0.625. The van der Waals surface area contributed by atoms with E-state index in [9.17, 15) is 10.1 Å². The molecule has 4 heteroatoms. The van der Waals surface area contributed by atoms with Gasteiger partial charge < -0.3 is 5.73 Å². The standard InChI is InChI=1S/C16H24N2O2/c1-13-14(8-7-9-15(13)18(19)20)12-16(17)10-5-3-2-4-6-11-16/h7-9H,2-6,10-12,17H2,1H3. The molecule has 0 heterocycles. The van der Waals surface area contributed by atoms with Crippen LogP contribution in [0.4, 0.5) is 5.69 Å². The van der Waals surface area contributed by atoms with E-state index in [1.807, 2.05) is 13.0 Å². The van der Waals surface area contributed by atoms with E-state index in [4.69, 9.17) is 5.73 Å². The molecule has 0 atom stereocenters. The molecule has 1 aromatic carbocycles. The lowest BCUT2D eigenvalue weighted by atomic mass is 9.79.